The summed E-state index contributed by atoms with van der Waals surface area (Å²) in [5, 5.41) is 12.0. The molecule has 31 heavy (non-hydrogen) atoms. The van der Waals surface area contributed by atoms with E-state index in [-0.39, 0.29) is 0 Å². The molecule has 1 N–H and O–H groups in total. The minimum Gasteiger partial charge on any atom is -0.491 e. The molecule has 1 aliphatic carbocycles. The highest BCUT2D eigenvalue weighted by molar-refractivity contribution is 5.35. The first-order valence-electron chi connectivity index (χ1n) is 12.0. The Balaban J connectivity index is 1.57. The Kier molecular flexibility index (Phi) is 7.87. The van der Waals surface area contributed by atoms with Crippen molar-refractivity contribution in [2.45, 2.75) is 63.4 Å². The lowest BCUT2D eigenvalue weighted by Crippen LogP contribution is -2.40. The smallest absolute Gasteiger partial charge is 0.122 e. The number of rotatable bonds is 1. The summed E-state index contributed by atoms with van der Waals surface area (Å²) in [5.74, 6) is 2.19. The maximum absolute atomic E-state index is 12.0. The molecule has 0 aromatic heterocycles. The van der Waals surface area contributed by atoms with Crippen molar-refractivity contribution in [3.8, 4) is 11.5 Å². The third-order valence-corrected chi connectivity index (χ3v) is 6.94. The Morgan fingerprint density at radius 3 is 1.74 bits per heavy atom. The van der Waals surface area contributed by atoms with Crippen LogP contribution >= 0.6 is 0 Å². The number of aliphatic hydroxyl groups is 1. The van der Waals surface area contributed by atoms with Crippen LogP contribution in [0, 0.1) is 5.92 Å². The van der Waals surface area contributed by atoms with Crippen LogP contribution in [-0.4, -0.2) is 37.1 Å². The van der Waals surface area contributed by atoms with Crippen molar-refractivity contribution in [3.05, 3.63) is 59.7 Å². The van der Waals surface area contributed by atoms with Gasteiger partial charge < -0.3 is 19.3 Å². The Bertz CT molecular complexity index is 757. The lowest BCUT2D eigenvalue weighted by molar-refractivity contribution is -0.0467. The first-order valence-corrected chi connectivity index (χ1v) is 12.0. The van der Waals surface area contributed by atoms with E-state index in [0.29, 0.717) is 32.3 Å². The van der Waals surface area contributed by atoms with Gasteiger partial charge in [-0.2, -0.15) is 0 Å². The predicted octanol–water partition coefficient (Wildman–Crippen LogP) is 5.35. The van der Waals surface area contributed by atoms with Gasteiger partial charge in [-0.3, -0.25) is 0 Å². The van der Waals surface area contributed by atoms with Crippen LogP contribution < -0.4 is 9.47 Å². The van der Waals surface area contributed by atoms with E-state index in [1.807, 2.05) is 24.3 Å². The number of fused-ring (bicyclic) bond motifs is 2. The van der Waals surface area contributed by atoms with Crippen molar-refractivity contribution in [3.63, 3.8) is 0 Å². The van der Waals surface area contributed by atoms with Gasteiger partial charge >= 0.3 is 0 Å². The van der Waals surface area contributed by atoms with Crippen molar-refractivity contribution in [2.75, 3.05) is 26.4 Å². The third-order valence-electron chi connectivity index (χ3n) is 6.94. The molecular formula is C27H36O4. The molecule has 2 aliphatic rings. The third kappa shape index (κ3) is 6.02. The molecule has 4 heteroatoms. The highest BCUT2D eigenvalue weighted by Gasteiger charge is 2.37. The number of hydrogen-bond acceptors (Lipinski definition) is 4. The van der Waals surface area contributed by atoms with Gasteiger partial charge in [-0.25, -0.2) is 0 Å². The lowest BCUT2D eigenvalue weighted by Gasteiger charge is -2.39. The van der Waals surface area contributed by atoms with Gasteiger partial charge in [0.25, 0.3) is 0 Å². The van der Waals surface area contributed by atoms with Gasteiger partial charge in [0.05, 0.1) is 18.8 Å². The highest BCUT2D eigenvalue weighted by atomic mass is 16.5. The molecule has 2 aromatic carbocycles. The first kappa shape index (κ1) is 22.2. The van der Waals surface area contributed by atoms with Crippen LogP contribution in [0.5, 0.6) is 11.5 Å². The van der Waals surface area contributed by atoms with Gasteiger partial charge in [0.1, 0.15) is 24.7 Å². The second kappa shape index (κ2) is 11.0. The molecule has 0 atom stereocenters. The van der Waals surface area contributed by atoms with Gasteiger partial charge in [0, 0.05) is 0 Å². The number of benzene rings is 2. The Labute approximate surface area is 186 Å². The molecule has 168 valence electrons. The van der Waals surface area contributed by atoms with E-state index in [1.54, 1.807) is 0 Å². The van der Waals surface area contributed by atoms with Crippen molar-refractivity contribution in [1.82, 2.24) is 0 Å². The Morgan fingerprint density at radius 1 is 0.677 bits per heavy atom. The molecule has 2 aromatic rings. The van der Waals surface area contributed by atoms with Crippen molar-refractivity contribution in [1.29, 1.82) is 0 Å². The molecule has 1 saturated carbocycles. The molecular weight excluding hydrogens is 388 g/mol. The monoisotopic (exact) mass is 424 g/mol. The summed E-state index contributed by atoms with van der Waals surface area (Å²) >= 11 is 0. The molecule has 1 aliphatic heterocycles. The van der Waals surface area contributed by atoms with E-state index in [0.717, 1.165) is 50.0 Å². The average molecular weight is 425 g/mol. The topological polar surface area (TPSA) is 47.9 Å². The number of hydrogen-bond donors (Lipinski definition) is 1. The second-order valence-electron chi connectivity index (χ2n) is 8.96. The van der Waals surface area contributed by atoms with Gasteiger partial charge in [0.2, 0.25) is 0 Å². The number of ether oxygens (including phenoxy) is 3. The van der Waals surface area contributed by atoms with Gasteiger partial charge in [-0.15, -0.1) is 0 Å². The van der Waals surface area contributed by atoms with Crippen molar-refractivity contribution < 1.29 is 19.3 Å². The van der Waals surface area contributed by atoms with Crippen LogP contribution in [0.1, 0.15) is 56.1 Å². The zero-order chi connectivity index (χ0) is 21.4. The average Bonchev–Trinajstić information content (AvgIpc) is 2.82. The molecule has 0 unspecified atom stereocenters. The van der Waals surface area contributed by atoms with E-state index in [1.165, 1.54) is 30.4 Å². The van der Waals surface area contributed by atoms with Crippen LogP contribution in [0.25, 0.3) is 0 Å². The molecule has 0 radical (unpaired) electrons. The lowest BCUT2D eigenvalue weighted by atomic mass is 9.72. The molecule has 0 spiro atoms. The first-order chi connectivity index (χ1) is 15.2. The quantitative estimate of drug-likeness (QED) is 0.670. The zero-order valence-electron chi connectivity index (χ0n) is 18.6. The van der Waals surface area contributed by atoms with Crippen LogP contribution in [0.3, 0.4) is 0 Å². The molecule has 4 rings (SSSR count). The molecule has 0 saturated heterocycles. The van der Waals surface area contributed by atoms with Crippen LogP contribution in [-0.2, 0) is 17.6 Å². The largest absolute Gasteiger partial charge is 0.491 e. The molecule has 0 amide bonds. The van der Waals surface area contributed by atoms with E-state index < -0.39 is 5.60 Å². The van der Waals surface area contributed by atoms with E-state index in [4.69, 9.17) is 14.2 Å². The summed E-state index contributed by atoms with van der Waals surface area (Å²) in [6.07, 6.45) is 9.18. The number of aryl methyl sites for hydroxylation is 2. The summed E-state index contributed by atoms with van der Waals surface area (Å²) in [4.78, 5) is 0. The van der Waals surface area contributed by atoms with Crippen LogP contribution in [0.2, 0.25) is 0 Å². The molecule has 4 nitrogen and oxygen atoms in total. The fourth-order valence-electron chi connectivity index (χ4n) is 5.10. The fraction of sp³-hybridized carbons (Fsp3) is 0.556. The van der Waals surface area contributed by atoms with Crippen molar-refractivity contribution in [2.24, 2.45) is 5.92 Å². The van der Waals surface area contributed by atoms with Gasteiger partial charge in [-0.05, 0) is 67.7 Å². The summed E-state index contributed by atoms with van der Waals surface area (Å²) in [7, 11) is 0. The molecule has 1 fully saturated rings. The van der Waals surface area contributed by atoms with E-state index >= 15 is 0 Å². The summed E-state index contributed by atoms with van der Waals surface area (Å²) < 4.78 is 17.7. The fourth-order valence-corrected chi connectivity index (χ4v) is 5.10. The minimum absolute atomic E-state index is 0.370. The number of para-hydroxylation sites is 2. The van der Waals surface area contributed by atoms with Crippen LogP contribution in [0.15, 0.2) is 48.5 Å². The van der Waals surface area contributed by atoms with Gasteiger partial charge in [-0.1, -0.05) is 55.7 Å². The van der Waals surface area contributed by atoms with Crippen molar-refractivity contribution >= 4 is 0 Å². The zero-order valence-corrected chi connectivity index (χ0v) is 18.6. The maximum atomic E-state index is 12.0. The predicted molar refractivity (Wildman–Crippen MR) is 123 cm³/mol. The molecule has 1 heterocycles. The van der Waals surface area contributed by atoms with Crippen LogP contribution in [0.4, 0.5) is 0 Å². The van der Waals surface area contributed by atoms with E-state index in [2.05, 4.69) is 24.3 Å². The Morgan fingerprint density at radius 2 is 1.19 bits per heavy atom. The summed E-state index contributed by atoms with van der Waals surface area (Å²) in [6.45, 7) is 2.09. The SMILES string of the molecule is OC1(C2CCCCC2)CCc2ccccc2OCCOCCOc2ccccc2CC1. The normalized spacial score (nSPS) is 21.2. The minimum atomic E-state index is -0.666. The van der Waals surface area contributed by atoms with Gasteiger partial charge in [0.15, 0.2) is 0 Å². The highest BCUT2D eigenvalue weighted by Crippen LogP contribution is 2.39. The van der Waals surface area contributed by atoms with E-state index in [9.17, 15) is 5.11 Å². The standard InChI is InChI=1S/C27H36O4/c28-27(24-10-2-1-3-11-24)16-14-22-8-4-6-12-25(22)30-20-18-29-19-21-31-26-13-7-5-9-23(26)15-17-27/h4-9,12-13,24,28H,1-3,10-11,14-21H2. The maximum Gasteiger partial charge on any atom is 0.122 e. The second-order valence-corrected chi connectivity index (χ2v) is 8.96. The Hall–Kier alpha value is -2.04. The molecule has 0 bridgehead atoms. The summed E-state index contributed by atoms with van der Waals surface area (Å²) in [5.41, 5.74) is 1.68. The summed E-state index contributed by atoms with van der Waals surface area (Å²) in [6, 6.07) is 16.4.